The van der Waals surface area contributed by atoms with Crippen LogP contribution in [-0.2, 0) is 4.79 Å². The number of hydrogen-bond donors (Lipinski definition) is 0. The monoisotopic (exact) mass is 292 g/mol. The van der Waals surface area contributed by atoms with Crippen LogP contribution in [0.3, 0.4) is 0 Å². The van der Waals surface area contributed by atoms with Crippen LogP contribution in [0, 0.1) is 5.41 Å². The molecule has 1 atom stereocenters. The number of aromatic nitrogens is 2. The fourth-order valence-electron chi connectivity index (χ4n) is 1.71. The number of rotatable bonds is 4. The van der Waals surface area contributed by atoms with E-state index in [1.54, 1.807) is 35.3 Å². The average Bonchev–Trinajstić information content (AvgIpc) is 2.87. The predicted molar refractivity (Wildman–Crippen MR) is 77.8 cm³/mol. The standard InChI is InChI=1S/C15H17ClN2O2/c1-15(2,3)13(19)14(18-8-4-5-9-18)20-11-6-7-17-12(16)10-11/h4-10,14H,1-3H3. The van der Waals surface area contributed by atoms with E-state index in [1.807, 2.05) is 32.9 Å². The van der Waals surface area contributed by atoms with Crippen molar-refractivity contribution in [3.05, 3.63) is 48.0 Å². The minimum Gasteiger partial charge on any atom is -0.463 e. The van der Waals surface area contributed by atoms with Crippen LogP contribution in [0.15, 0.2) is 42.9 Å². The van der Waals surface area contributed by atoms with Gasteiger partial charge in [-0.1, -0.05) is 32.4 Å². The first-order valence-electron chi connectivity index (χ1n) is 6.33. The summed E-state index contributed by atoms with van der Waals surface area (Å²) in [5.74, 6) is 0.503. The van der Waals surface area contributed by atoms with Crippen molar-refractivity contribution in [1.29, 1.82) is 0 Å². The van der Waals surface area contributed by atoms with E-state index < -0.39 is 11.6 Å². The van der Waals surface area contributed by atoms with Gasteiger partial charge < -0.3 is 9.30 Å². The lowest BCUT2D eigenvalue weighted by Crippen LogP contribution is -2.33. The van der Waals surface area contributed by atoms with Crippen molar-refractivity contribution in [1.82, 2.24) is 9.55 Å². The molecular weight excluding hydrogens is 276 g/mol. The quantitative estimate of drug-likeness (QED) is 0.807. The molecule has 20 heavy (non-hydrogen) atoms. The second-order valence-corrected chi connectivity index (χ2v) is 5.92. The third-order valence-corrected chi connectivity index (χ3v) is 3.01. The smallest absolute Gasteiger partial charge is 0.235 e. The van der Waals surface area contributed by atoms with Gasteiger partial charge in [-0.3, -0.25) is 4.79 Å². The first-order valence-corrected chi connectivity index (χ1v) is 6.71. The fraction of sp³-hybridized carbons (Fsp3) is 0.333. The van der Waals surface area contributed by atoms with E-state index in [-0.39, 0.29) is 5.78 Å². The van der Waals surface area contributed by atoms with Gasteiger partial charge in [0.25, 0.3) is 0 Å². The second kappa shape index (κ2) is 5.67. The molecule has 2 heterocycles. The molecule has 0 amide bonds. The lowest BCUT2D eigenvalue weighted by molar-refractivity contribution is -0.137. The topological polar surface area (TPSA) is 44.1 Å². The van der Waals surface area contributed by atoms with Gasteiger partial charge in [-0.25, -0.2) is 4.98 Å². The highest BCUT2D eigenvalue weighted by atomic mass is 35.5. The van der Waals surface area contributed by atoms with Crippen molar-refractivity contribution in [3.8, 4) is 5.75 Å². The number of carbonyl (C=O) groups is 1. The molecule has 0 saturated carbocycles. The summed E-state index contributed by atoms with van der Waals surface area (Å²) in [6.07, 6.45) is 4.43. The summed E-state index contributed by atoms with van der Waals surface area (Å²) in [6, 6.07) is 6.98. The van der Waals surface area contributed by atoms with Crippen LogP contribution >= 0.6 is 11.6 Å². The van der Waals surface area contributed by atoms with Crippen molar-refractivity contribution < 1.29 is 9.53 Å². The molecule has 0 aliphatic heterocycles. The molecule has 5 heteroatoms. The maximum absolute atomic E-state index is 12.6. The molecular formula is C15H17ClN2O2. The zero-order valence-electron chi connectivity index (χ0n) is 11.7. The lowest BCUT2D eigenvalue weighted by atomic mass is 9.89. The molecule has 0 N–H and O–H groups in total. The molecule has 0 bridgehead atoms. The van der Waals surface area contributed by atoms with E-state index in [0.717, 1.165) is 0 Å². The number of halogens is 1. The van der Waals surface area contributed by atoms with Crippen LogP contribution in [0.5, 0.6) is 5.75 Å². The Kier molecular flexibility index (Phi) is 4.14. The molecule has 0 spiro atoms. The minimum absolute atomic E-state index is 0.0124. The van der Waals surface area contributed by atoms with Crippen LogP contribution in [-0.4, -0.2) is 15.3 Å². The zero-order valence-corrected chi connectivity index (χ0v) is 12.5. The number of pyridine rings is 1. The molecule has 0 fully saturated rings. The minimum atomic E-state index is -0.719. The van der Waals surface area contributed by atoms with Gasteiger partial charge in [-0.05, 0) is 18.2 Å². The van der Waals surface area contributed by atoms with Crippen LogP contribution in [0.4, 0.5) is 0 Å². The maximum atomic E-state index is 12.6. The Hall–Kier alpha value is -1.81. The number of nitrogens with zero attached hydrogens (tertiary/aromatic N) is 2. The molecule has 2 aromatic heterocycles. The number of hydrogen-bond acceptors (Lipinski definition) is 3. The molecule has 1 unspecified atom stereocenters. The molecule has 4 nitrogen and oxygen atoms in total. The van der Waals surface area contributed by atoms with E-state index in [1.165, 1.54) is 0 Å². The summed E-state index contributed by atoms with van der Waals surface area (Å²) < 4.78 is 7.55. The van der Waals surface area contributed by atoms with Crippen LogP contribution < -0.4 is 4.74 Å². The Balaban J connectivity index is 2.31. The molecule has 0 aromatic carbocycles. The summed E-state index contributed by atoms with van der Waals surface area (Å²) in [5.41, 5.74) is -0.508. The number of ketones is 1. The van der Waals surface area contributed by atoms with E-state index in [2.05, 4.69) is 4.98 Å². The molecule has 2 rings (SSSR count). The Morgan fingerprint density at radius 2 is 2.00 bits per heavy atom. The Morgan fingerprint density at radius 1 is 1.35 bits per heavy atom. The first kappa shape index (κ1) is 14.6. The van der Waals surface area contributed by atoms with Gasteiger partial charge in [0.15, 0.2) is 5.78 Å². The van der Waals surface area contributed by atoms with Gasteiger partial charge in [0.2, 0.25) is 6.23 Å². The molecule has 0 aliphatic carbocycles. The third kappa shape index (κ3) is 3.39. The molecule has 106 valence electrons. The van der Waals surface area contributed by atoms with Crippen molar-refractivity contribution in [3.63, 3.8) is 0 Å². The van der Waals surface area contributed by atoms with Crippen molar-refractivity contribution in [2.75, 3.05) is 0 Å². The summed E-state index contributed by atoms with van der Waals surface area (Å²) in [5, 5.41) is 0.331. The van der Waals surface area contributed by atoms with E-state index >= 15 is 0 Å². The third-order valence-electron chi connectivity index (χ3n) is 2.81. The Bertz CT molecular complexity index is 588. The second-order valence-electron chi connectivity index (χ2n) is 5.53. The first-order chi connectivity index (χ1) is 9.38. The van der Waals surface area contributed by atoms with Gasteiger partial charge in [-0.2, -0.15) is 0 Å². The van der Waals surface area contributed by atoms with E-state index in [0.29, 0.717) is 10.9 Å². The molecule has 0 radical (unpaired) electrons. The molecule has 2 aromatic rings. The maximum Gasteiger partial charge on any atom is 0.235 e. The van der Waals surface area contributed by atoms with Crippen LogP contribution in [0.2, 0.25) is 5.15 Å². The SMILES string of the molecule is CC(C)(C)C(=O)C(Oc1ccnc(Cl)c1)n1cccc1. The summed E-state index contributed by atoms with van der Waals surface area (Å²) in [4.78, 5) is 16.5. The van der Waals surface area contributed by atoms with E-state index in [9.17, 15) is 4.79 Å². The van der Waals surface area contributed by atoms with Gasteiger partial charge in [0.05, 0.1) is 0 Å². The predicted octanol–water partition coefficient (Wildman–Crippen LogP) is 3.73. The average molecular weight is 293 g/mol. The highest BCUT2D eigenvalue weighted by Gasteiger charge is 2.32. The number of Topliss-reactive ketones (excluding diaryl/α,β-unsaturated/α-hetero) is 1. The van der Waals surface area contributed by atoms with Gasteiger partial charge in [0, 0.05) is 30.1 Å². The van der Waals surface area contributed by atoms with Crippen LogP contribution in [0.25, 0.3) is 0 Å². The highest BCUT2D eigenvalue weighted by molar-refractivity contribution is 6.29. The van der Waals surface area contributed by atoms with E-state index in [4.69, 9.17) is 16.3 Å². The Labute approximate surface area is 123 Å². The lowest BCUT2D eigenvalue weighted by Gasteiger charge is -2.26. The van der Waals surface area contributed by atoms with Gasteiger partial charge >= 0.3 is 0 Å². The summed E-state index contributed by atoms with van der Waals surface area (Å²) >= 11 is 5.84. The fourth-order valence-corrected chi connectivity index (χ4v) is 1.88. The molecule has 0 aliphatic rings. The normalized spacial score (nSPS) is 13.0. The number of ether oxygens (including phenoxy) is 1. The van der Waals surface area contributed by atoms with Crippen molar-refractivity contribution in [2.24, 2.45) is 5.41 Å². The van der Waals surface area contributed by atoms with Crippen molar-refractivity contribution >= 4 is 17.4 Å². The summed E-state index contributed by atoms with van der Waals surface area (Å²) in [6.45, 7) is 5.61. The Morgan fingerprint density at radius 3 is 2.55 bits per heavy atom. The highest BCUT2D eigenvalue weighted by Crippen LogP contribution is 2.27. The largest absolute Gasteiger partial charge is 0.463 e. The zero-order chi connectivity index (χ0) is 14.8. The van der Waals surface area contributed by atoms with Gasteiger partial charge in [0.1, 0.15) is 10.9 Å². The van der Waals surface area contributed by atoms with Crippen LogP contribution in [0.1, 0.15) is 27.0 Å². The number of carbonyl (C=O) groups excluding carboxylic acids is 1. The molecule has 0 saturated heterocycles. The van der Waals surface area contributed by atoms with Gasteiger partial charge in [-0.15, -0.1) is 0 Å². The summed E-state index contributed by atoms with van der Waals surface area (Å²) in [7, 11) is 0. The van der Waals surface area contributed by atoms with Crippen molar-refractivity contribution in [2.45, 2.75) is 27.0 Å².